The standard InChI is InChI=1S/C51H39NS/c1-51(2)46-32-31-44-43-15-9-10-16-48(43)53-50(44)49(46)45-30-23-39(33-47(45)51)38-21-28-42(29-22-38)52(40-24-17-36(18-25-40)34-11-5-3-6-12-34)41-26-19-37(20-27-41)35-13-7-4-8-14-35/h3-33,45,47H,1-2H3. The van der Waals surface area contributed by atoms with Crippen LogP contribution >= 0.6 is 11.3 Å². The molecule has 2 heteroatoms. The van der Waals surface area contributed by atoms with Crippen molar-refractivity contribution in [1.82, 2.24) is 0 Å². The summed E-state index contributed by atoms with van der Waals surface area (Å²) in [5.74, 6) is 0.781. The number of anilines is 3. The first-order valence-electron chi connectivity index (χ1n) is 18.6. The zero-order chi connectivity index (χ0) is 35.5. The Balaban J connectivity index is 0.994. The molecule has 7 aromatic carbocycles. The molecule has 2 aliphatic carbocycles. The van der Waals surface area contributed by atoms with Gasteiger partial charge in [0.15, 0.2) is 0 Å². The van der Waals surface area contributed by atoms with Gasteiger partial charge in [-0.15, -0.1) is 11.3 Å². The monoisotopic (exact) mass is 697 g/mol. The fourth-order valence-electron chi connectivity index (χ4n) is 8.80. The van der Waals surface area contributed by atoms with E-state index in [1.807, 2.05) is 11.3 Å². The molecule has 0 fully saturated rings. The van der Waals surface area contributed by atoms with Crippen LogP contribution in [0.5, 0.6) is 0 Å². The minimum Gasteiger partial charge on any atom is -0.311 e. The first-order valence-corrected chi connectivity index (χ1v) is 19.4. The molecule has 8 aromatic rings. The van der Waals surface area contributed by atoms with Crippen LogP contribution in [-0.4, -0.2) is 0 Å². The van der Waals surface area contributed by atoms with Crippen LogP contribution < -0.4 is 4.90 Å². The third-order valence-corrected chi connectivity index (χ3v) is 12.8. The Kier molecular flexibility index (Phi) is 7.56. The molecule has 1 nitrogen and oxygen atoms in total. The average Bonchev–Trinajstić information content (AvgIpc) is 3.71. The van der Waals surface area contributed by atoms with Crippen LogP contribution in [0.1, 0.15) is 36.5 Å². The molecule has 0 amide bonds. The Hall–Kier alpha value is -5.96. The second-order valence-corrected chi connectivity index (χ2v) is 16.0. The van der Waals surface area contributed by atoms with E-state index in [9.17, 15) is 0 Å². The van der Waals surface area contributed by atoms with E-state index >= 15 is 0 Å². The van der Waals surface area contributed by atoms with Gasteiger partial charge in [0.05, 0.1) is 0 Å². The van der Waals surface area contributed by atoms with Gasteiger partial charge in [-0.05, 0) is 98.3 Å². The van der Waals surface area contributed by atoms with Crippen molar-refractivity contribution in [3.8, 4) is 22.3 Å². The summed E-state index contributed by atoms with van der Waals surface area (Å²) in [6, 6.07) is 61.9. The molecular formula is C51H39NS. The fraction of sp³-hybridized carbons (Fsp3) is 0.0980. The lowest BCUT2D eigenvalue weighted by molar-refractivity contribution is 0.396. The van der Waals surface area contributed by atoms with Gasteiger partial charge in [-0.1, -0.05) is 159 Å². The summed E-state index contributed by atoms with van der Waals surface area (Å²) in [5, 5.41) is 2.77. The van der Waals surface area contributed by atoms with Crippen LogP contribution in [0.3, 0.4) is 0 Å². The highest BCUT2D eigenvalue weighted by Gasteiger charge is 2.46. The Morgan fingerprint density at radius 3 is 1.58 bits per heavy atom. The number of thiophene rings is 1. The van der Waals surface area contributed by atoms with Crippen molar-refractivity contribution in [3.63, 3.8) is 0 Å². The normalized spacial score (nSPS) is 17.1. The smallest absolute Gasteiger partial charge is 0.0462 e. The quantitative estimate of drug-likeness (QED) is 0.167. The number of rotatable bonds is 6. The van der Waals surface area contributed by atoms with E-state index in [4.69, 9.17) is 0 Å². The van der Waals surface area contributed by atoms with Crippen LogP contribution in [0.25, 0.3) is 48.0 Å². The van der Waals surface area contributed by atoms with Gasteiger partial charge < -0.3 is 4.90 Å². The zero-order valence-corrected chi connectivity index (χ0v) is 30.7. The highest BCUT2D eigenvalue weighted by Crippen LogP contribution is 2.57. The van der Waals surface area contributed by atoms with E-state index in [1.165, 1.54) is 64.7 Å². The van der Waals surface area contributed by atoms with E-state index in [1.54, 1.807) is 0 Å². The molecule has 0 saturated heterocycles. The molecule has 53 heavy (non-hydrogen) atoms. The maximum atomic E-state index is 2.56. The summed E-state index contributed by atoms with van der Waals surface area (Å²) >= 11 is 1.96. The summed E-state index contributed by atoms with van der Waals surface area (Å²) in [5.41, 5.74) is 13.9. The van der Waals surface area contributed by atoms with Crippen molar-refractivity contribution in [2.45, 2.75) is 25.2 Å². The summed E-state index contributed by atoms with van der Waals surface area (Å²) in [4.78, 5) is 2.36. The predicted molar refractivity (Wildman–Crippen MR) is 228 cm³/mol. The Labute approximate surface area is 315 Å². The molecule has 0 N–H and O–H groups in total. The molecule has 1 heterocycles. The Morgan fingerprint density at radius 1 is 0.491 bits per heavy atom. The van der Waals surface area contributed by atoms with E-state index < -0.39 is 0 Å². The summed E-state index contributed by atoms with van der Waals surface area (Å²) in [6.07, 6.45) is 7.41. The summed E-state index contributed by atoms with van der Waals surface area (Å²) in [7, 11) is 0. The van der Waals surface area contributed by atoms with Crippen molar-refractivity contribution in [1.29, 1.82) is 0 Å². The van der Waals surface area contributed by atoms with Gasteiger partial charge in [-0.2, -0.15) is 0 Å². The van der Waals surface area contributed by atoms with E-state index in [-0.39, 0.29) is 5.41 Å². The maximum Gasteiger partial charge on any atom is 0.0462 e. The number of allylic oxidation sites excluding steroid dienone is 4. The lowest BCUT2D eigenvalue weighted by Gasteiger charge is -2.31. The zero-order valence-electron chi connectivity index (χ0n) is 29.9. The van der Waals surface area contributed by atoms with E-state index in [0.717, 1.165) is 17.1 Å². The van der Waals surface area contributed by atoms with Crippen molar-refractivity contribution in [2.75, 3.05) is 4.90 Å². The first-order chi connectivity index (χ1) is 26.0. The fourth-order valence-corrected chi connectivity index (χ4v) is 10.1. The minimum absolute atomic E-state index is 0.0366. The molecule has 0 radical (unpaired) electrons. The number of hydrogen-bond acceptors (Lipinski definition) is 2. The van der Waals surface area contributed by atoms with E-state index in [2.05, 4.69) is 207 Å². The van der Waals surface area contributed by atoms with Crippen molar-refractivity contribution >= 4 is 54.1 Å². The van der Waals surface area contributed by atoms with Gasteiger partial charge in [-0.3, -0.25) is 0 Å². The van der Waals surface area contributed by atoms with Gasteiger partial charge in [0, 0.05) is 43.2 Å². The molecule has 10 rings (SSSR count). The molecule has 1 aromatic heterocycles. The largest absolute Gasteiger partial charge is 0.311 e. The second-order valence-electron chi connectivity index (χ2n) is 15.0. The summed E-state index contributed by atoms with van der Waals surface area (Å²) in [6.45, 7) is 4.88. The van der Waals surface area contributed by atoms with Gasteiger partial charge in [0.25, 0.3) is 0 Å². The third-order valence-electron chi connectivity index (χ3n) is 11.6. The van der Waals surface area contributed by atoms with E-state index in [0.29, 0.717) is 11.8 Å². The molecular weight excluding hydrogens is 659 g/mol. The number of benzene rings is 7. The molecule has 0 bridgehead atoms. The van der Waals surface area contributed by atoms with Crippen LogP contribution in [0.15, 0.2) is 188 Å². The Morgan fingerprint density at radius 2 is 1.00 bits per heavy atom. The van der Waals surface area contributed by atoms with Crippen LogP contribution in [0.4, 0.5) is 17.1 Å². The number of hydrogen-bond donors (Lipinski definition) is 0. The summed E-state index contributed by atoms with van der Waals surface area (Å²) < 4.78 is 2.84. The molecule has 0 spiro atoms. The second kappa shape index (κ2) is 12.6. The van der Waals surface area contributed by atoms with Crippen LogP contribution in [-0.2, 0) is 5.41 Å². The first kappa shape index (κ1) is 31.7. The average molecular weight is 698 g/mol. The van der Waals surface area contributed by atoms with Crippen LogP contribution in [0, 0.1) is 5.92 Å². The van der Waals surface area contributed by atoms with Crippen LogP contribution in [0.2, 0.25) is 0 Å². The molecule has 2 aliphatic rings. The Bertz CT molecular complexity index is 2580. The SMILES string of the molecule is CC1(C)c2ccc3c(sc4ccccc43)c2C2C=CC(c3ccc(N(c4ccc(-c5ccccc5)cc4)c4ccc(-c5ccccc5)cc4)cc3)=CC21. The number of nitrogens with zero attached hydrogens (tertiary/aromatic N) is 1. The predicted octanol–water partition coefficient (Wildman–Crippen LogP) is 14.5. The third kappa shape index (κ3) is 5.36. The lowest BCUT2D eigenvalue weighted by Crippen LogP contribution is -2.25. The molecule has 0 saturated carbocycles. The minimum atomic E-state index is 0.0366. The number of fused-ring (bicyclic) bond motifs is 7. The van der Waals surface area contributed by atoms with Gasteiger partial charge >= 0.3 is 0 Å². The molecule has 0 aliphatic heterocycles. The van der Waals surface area contributed by atoms with Crippen molar-refractivity contribution < 1.29 is 0 Å². The maximum absolute atomic E-state index is 2.56. The molecule has 2 atom stereocenters. The highest BCUT2D eigenvalue weighted by atomic mass is 32.1. The molecule has 254 valence electrons. The highest BCUT2D eigenvalue weighted by molar-refractivity contribution is 7.26. The lowest BCUT2D eigenvalue weighted by atomic mass is 9.73. The van der Waals surface area contributed by atoms with Crippen molar-refractivity contribution in [3.05, 3.63) is 205 Å². The molecule has 2 unspecified atom stereocenters. The van der Waals surface area contributed by atoms with Crippen molar-refractivity contribution in [2.24, 2.45) is 5.92 Å². The topological polar surface area (TPSA) is 3.24 Å². The van der Waals surface area contributed by atoms with Gasteiger partial charge in [0.1, 0.15) is 0 Å². The van der Waals surface area contributed by atoms with Gasteiger partial charge in [-0.25, -0.2) is 0 Å². The van der Waals surface area contributed by atoms with Gasteiger partial charge in [0.2, 0.25) is 0 Å².